The monoisotopic (exact) mass is 354 g/mol. The number of halogens is 1. The van der Waals surface area contributed by atoms with Crippen LogP contribution in [-0.4, -0.2) is 73.4 Å². The maximum absolute atomic E-state index is 6.35. The van der Waals surface area contributed by atoms with E-state index in [4.69, 9.17) is 22.1 Å². The van der Waals surface area contributed by atoms with E-state index in [1.54, 1.807) is 0 Å². The van der Waals surface area contributed by atoms with Gasteiger partial charge < -0.3 is 20.7 Å². The lowest BCUT2D eigenvalue weighted by Gasteiger charge is -2.34. The zero-order chi connectivity index (χ0) is 16.9. The van der Waals surface area contributed by atoms with Gasteiger partial charge in [0.2, 0.25) is 5.95 Å². The molecule has 0 spiro atoms. The summed E-state index contributed by atoms with van der Waals surface area (Å²) in [4.78, 5) is 13.1. The van der Waals surface area contributed by atoms with Gasteiger partial charge in [-0.25, -0.2) is 4.98 Å². The van der Waals surface area contributed by atoms with Gasteiger partial charge in [-0.3, -0.25) is 4.90 Å². The smallest absolute Gasteiger partial charge is 0.222 e. The minimum absolute atomic E-state index is 0.289. The third kappa shape index (κ3) is 4.47. The fourth-order valence-electron chi connectivity index (χ4n) is 3.32. The Labute approximate surface area is 148 Å². The van der Waals surface area contributed by atoms with Crippen LogP contribution in [0.4, 0.5) is 11.8 Å². The quantitative estimate of drug-likeness (QED) is 0.813. The summed E-state index contributed by atoms with van der Waals surface area (Å²) < 4.78 is 5.38. The first-order chi connectivity index (χ1) is 11.6. The summed E-state index contributed by atoms with van der Waals surface area (Å²) >= 11 is 6.35. The fraction of sp³-hybridized carbons (Fsp3) is 0.750. The molecule has 7 nitrogen and oxygen atoms in total. The Morgan fingerprint density at radius 1 is 1.21 bits per heavy atom. The molecule has 0 amide bonds. The van der Waals surface area contributed by atoms with E-state index in [0.29, 0.717) is 11.1 Å². The third-order valence-electron chi connectivity index (χ3n) is 4.78. The van der Waals surface area contributed by atoms with Gasteiger partial charge >= 0.3 is 0 Å². The van der Waals surface area contributed by atoms with Gasteiger partial charge in [0.25, 0.3) is 0 Å². The molecule has 0 radical (unpaired) electrons. The Kier molecular flexibility index (Phi) is 6.10. The first-order valence-electron chi connectivity index (χ1n) is 8.71. The lowest BCUT2D eigenvalue weighted by atomic mass is 10.0. The molecule has 3 rings (SSSR count). The molecular formula is C16H27ClN6O. The molecule has 3 heterocycles. The normalized spacial score (nSPS) is 20.5. The molecule has 8 heteroatoms. The van der Waals surface area contributed by atoms with Gasteiger partial charge in [-0.2, -0.15) is 4.98 Å². The van der Waals surface area contributed by atoms with Crippen LogP contribution < -0.4 is 16.0 Å². The number of piperidine rings is 1. The second kappa shape index (κ2) is 8.29. The van der Waals surface area contributed by atoms with Crippen molar-refractivity contribution < 1.29 is 4.74 Å². The van der Waals surface area contributed by atoms with Crippen molar-refractivity contribution in [3.8, 4) is 0 Å². The van der Waals surface area contributed by atoms with E-state index in [1.807, 2.05) is 6.92 Å². The minimum atomic E-state index is 0.289. The summed E-state index contributed by atoms with van der Waals surface area (Å²) in [6.45, 7) is 9.68. The summed E-state index contributed by atoms with van der Waals surface area (Å²) in [5.74, 6) is 1.06. The van der Waals surface area contributed by atoms with Crippen LogP contribution in [0.3, 0.4) is 0 Å². The predicted molar refractivity (Wildman–Crippen MR) is 96.7 cm³/mol. The second-order valence-corrected chi connectivity index (χ2v) is 6.85. The molecule has 24 heavy (non-hydrogen) atoms. The molecule has 0 aliphatic carbocycles. The summed E-state index contributed by atoms with van der Waals surface area (Å²) in [7, 11) is 0. The minimum Gasteiger partial charge on any atom is -0.379 e. The van der Waals surface area contributed by atoms with E-state index in [0.717, 1.165) is 76.8 Å². The van der Waals surface area contributed by atoms with Gasteiger partial charge in [0, 0.05) is 45.3 Å². The molecule has 1 aromatic rings. The first-order valence-corrected chi connectivity index (χ1v) is 9.09. The van der Waals surface area contributed by atoms with Crippen molar-refractivity contribution in [3.63, 3.8) is 0 Å². The molecule has 134 valence electrons. The van der Waals surface area contributed by atoms with E-state index < -0.39 is 0 Å². The number of aryl methyl sites for hydroxylation is 1. The zero-order valence-corrected chi connectivity index (χ0v) is 15.1. The Morgan fingerprint density at radius 3 is 2.62 bits per heavy atom. The number of nitrogens with one attached hydrogen (secondary N) is 1. The molecule has 0 unspecified atom stereocenters. The van der Waals surface area contributed by atoms with E-state index in [-0.39, 0.29) is 5.95 Å². The maximum atomic E-state index is 6.35. The Hall–Kier alpha value is -1.15. The highest BCUT2D eigenvalue weighted by Gasteiger charge is 2.23. The van der Waals surface area contributed by atoms with Crippen LogP contribution in [0.5, 0.6) is 0 Å². The Balaban J connectivity index is 1.44. The number of hydrogen-bond donors (Lipinski definition) is 2. The number of rotatable bonds is 5. The van der Waals surface area contributed by atoms with Crippen molar-refractivity contribution in [3.05, 3.63) is 10.7 Å². The lowest BCUT2D eigenvalue weighted by molar-refractivity contribution is 0.0380. The van der Waals surface area contributed by atoms with Gasteiger partial charge in [0.05, 0.1) is 18.9 Å². The number of nitrogens with zero attached hydrogens (tertiary/aromatic N) is 4. The van der Waals surface area contributed by atoms with Gasteiger partial charge in [0.15, 0.2) is 5.82 Å². The first kappa shape index (κ1) is 17.7. The van der Waals surface area contributed by atoms with Gasteiger partial charge in [-0.15, -0.1) is 0 Å². The molecule has 0 saturated carbocycles. The average molecular weight is 355 g/mol. The number of nitrogen functional groups attached to an aromatic ring is 1. The lowest BCUT2D eigenvalue weighted by Crippen LogP contribution is -2.46. The Morgan fingerprint density at radius 2 is 1.92 bits per heavy atom. The number of ether oxygens (including phenoxy) is 1. The second-order valence-electron chi connectivity index (χ2n) is 6.47. The van der Waals surface area contributed by atoms with Crippen LogP contribution in [0.15, 0.2) is 0 Å². The van der Waals surface area contributed by atoms with E-state index in [9.17, 15) is 0 Å². The van der Waals surface area contributed by atoms with Crippen LogP contribution in [0.1, 0.15) is 18.5 Å². The number of hydrogen-bond acceptors (Lipinski definition) is 7. The van der Waals surface area contributed by atoms with Gasteiger partial charge in [0.1, 0.15) is 5.02 Å². The molecular weight excluding hydrogens is 328 g/mol. The van der Waals surface area contributed by atoms with Crippen LogP contribution in [0.2, 0.25) is 5.02 Å². The van der Waals surface area contributed by atoms with E-state index in [2.05, 4.69) is 25.1 Å². The number of nitrogens with two attached hydrogens (primary N) is 1. The maximum Gasteiger partial charge on any atom is 0.222 e. The van der Waals surface area contributed by atoms with Crippen molar-refractivity contribution >= 4 is 23.4 Å². The topological polar surface area (TPSA) is 79.5 Å². The highest BCUT2D eigenvalue weighted by Crippen LogP contribution is 2.28. The molecule has 2 aliphatic rings. The molecule has 0 atom stereocenters. The van der Waals surface area contributed by atoms with Crippen molar-refractivity contribution in [2.45, 2.75) is 25.8 Å². The fourth-order valence-corrected chi connectivity index (χ4v) is 3.53. The summed E-state index contributed by atoms with van der Waals surface area (Å²) in [6, 6.07) is 0.557. The average Bonchev–Trinajstić information content (AvgIpc) is 2.60. The van der Waals surface area contributed by atoms with Crippen molar-refractivity contribution in [2.24, 2.45) is 0 Å². The van der Waals surface area contributed by atoms with Crippen molar-refractivity contribution in [1.82, 2.24) is 20.2 Å². The highest BCUT2D eigenvalue weighted by molar-refractivity contribution is 6.33. The predicted octanol–water partition coefficient (Wildman–Crippen LogP) is 0.911. The molecule has 1 aromatic heterocycles. The van der Waals surface area contributed by atoms with E-state index >= 15 is 0 Å². The van der Waals surface area contributed by atoms with Gasteiger partial charge in [-0.1, -0.05) is 11.6 Å². The molecule has 2 fully saturated rings. The van der Waals surface area contributed by atoms with Crippen LogP contribution in [-0.2, 0) is 4.74 Å². The standard InChI is InChI=1S/C16H27ClN6O/c1-12-14(17)15(21-16(18)20-12)23-5-2-13(3-6-23)19-4-7-22-8-10-24-11-9-22/h13,19H,2-11H2,1H3,(H2,18,20,21). The Bertz CT molecular complexity index is 544. The molecule has 3 N–H and O–H groups in total. The number of anilines is 2. The molecule has 2 saturated heterocycles. The summed E-state index contributed by atoms with van der Waals surface area (Å²) in [5.41, 5.74) is 6.51. The van der Waals surface area contributed by atoms with Crippen LogP contribution in [0.25, 0.3) is 0 Å². The number of morpholine rings is 1. The van der Waals surface area contributed by atoms with Crippen molar-refractivity contribution in [1.29, 1.82) is 0 Å². The molecule has 0 aromatic carbocycles. The van der Waals surface area contributed by atoms with Crippen molar-refractivity contribution in [2.75, 3.05) is 63.1 Å². The third-order valence-corrected chi connectivity index (χ3v) is 5.22. The largest absolute Gasteiger partial charge is 0.379 e. The van der Waals surface area contributed by atoms with Crippen LogP contribution >= 0.6 is 11.6 Å². The summed E-state index contributed by atoms with van der Waals surface area (Å²) in [6.07, 6.45) is 2.17. The molecule has 0 bridgehead atoms. The summed E-state index contributed by atoms with van der Waals surface area (Å²) in [5, 5.41) is 4.29. The zero-order valence-electron chi connectivity index (χ0n) is 14.3. The van der Waals surface area contributed by atoms with E-state index in [1.165, 1.54) is 0 Å². The highest BCUT2D eigenvalue weighted by atomic mass is 35.5. The van der Waals surface area contributed by atoms with Gasteiger partial charge in [-0.05, 0) is 19.8 Å². The van der Waals surface area contributed by atoms with Crippen LogP contribution in [0, 0.1) is 6.92 Å². The number of aromatic nitrogens is 2. The SMILES string of the molecule is Cc1nc(N)nc(N2CCC(NCCN3CCOCC3)CC2)c1Cl. The molecule has 2 aliphatic heterocycles.